The van der Waals surface area contributed by atoms with Crippen molar-refractivity contribution in [3.8, 4) is 11.5 Å². The Morgan fingerprint density at radius 1 is 0.958 bits per heavy atom. The molecule has 6 heteroatoms. The minimum atomic E-state index is -0.952. The van der Waals surface area contributed by atoms with Gasteiger partial charge in [-0.25, -0.2) is 9.59 Å². The summed E-state index contributed by atoms with van der Waals surface area (Å²) in [6, 6.07) is 10.2. The van der Waals surface area contributed by atoms with Gasteiger partial charge in [-0.1, -0.05) is 6.92 Å². The van der Waals surface area contributed by atoms with E-state index in [1.165, 1.54) is 42.5 Å². The van der Waals surface area contributed by atoms with Gasteiger partial charge in [0.1, 0.15) is 11.5 Å². The van der Waals surface area contributed by atoms with Crippen molar-refractivity contribution < 1.29 is 29.6 Å². The Kier molecular flexibility index (Phi) is 7.29. The van der Waals surface area contributed by atoms with Gasteiger partial charge in [0.25, 0.3) is 0 Å². The van der Waals surface area contributed by atoms with Crippen molar-refractivity contribution in [2.45, 2.75) is 20.3 Å². The number of carboxylic acid groups (broad SMARTS) is 1. The normalized spacial score (nSPS) is 9.58. The van der Waals surface area contributed by atoms with Crippen molar-refractivity contribution in [3.63, 3.8) is 0 Å². The van der Waals surface area contributed by atoms with Gasteiger partial charge in [-0.3, -0.25) is 0 Å². The van der Waals surface area contributed by atoms with Gasteiger partial charge in [-0.2, -0.15) is 0 Å². The molecule has 0 bridgehead atoms. The molecule has 2 aromatic rings. The molecule has 3 N–H and O–H groups in total. The Balaban J connectivity index is 0.000000240. The molecule has 2 aromatic carbocycles. The van der Waals surface area contributed by atoms with E-state index in [-0.39, 0.29) is 23.0 Å². The molecule has 0 saturated carbocycles. The molecule has 6 nitrogen and oxygen atoms in total. The molecule has 0 unspecified atom stereocenters. The van der Waals surface area contributed by atoms with Crippen LogP contribution in [0.5, 0.6) is 11.5 Å². The minimum Gasteiger partial charge on any atom is -0.508 e. The smallest absolute Gasteiger partial charge is 0.338 e. The molecule has 0 amide bonds. The number of aromatic hydroxyl groups is 2. The number of esters is 1. The molecule has 0 aromatic heterocycles. The van der Waals surface area contributed by atoms with Crippen molar-refractivity contribution in [2.24, 2.45) is 0 Å². The number of carbonyl (C=O) groups is 2. The molecule has 0 atom stereocenters. The number of carbonyl (C=O) groups excluding carboxylic acids is 1. The quantitative estimate of drug-likeness (QED) is 0.743. The van der Waals surface area contributed by atoms with E-state index >= 15 is 0 Å². The molecule has 24 heavy (non-hydrogen) atoms. The number of carboxylic acids is 1. The maximum atomic E-state index is 11.1. The number of hydrogen-bond donors (Lipinski definition) is 3. The van der Waals surface area contributed by atoms with Crippen molar-refractivity contribution in [3.05, 3.63) is 59.2 Å². The van der Waals surface area contributed by atoms with Gasteiger partial charge in [0, 0.05) is 0 Å². The van der Waals surface area contributed by atoms with Crippen LogP contribution in [0.15, 0.2) is 42.5 Å². The molecular weight excluding hydrogens is 312 g/mol. The van der Waals surface area contributed by atoms with E-state index in [2.05, 4.69) is 0 Å². The third kappa shape index (κ3) is 5.64. The molecule has 0 aliphatic rings. The highest BCUT2D eigenvalue weighted by molar-refractivity contribution is 5.90. The summed E-state index contributed by atoms with van der Waals surface area (Å²) in [5.74, 6) is -1.07. The zero-order valence-corrected chi connectivity index (χ0v) is 13.5. The number of aromatic carboxylic acids is 1. The van der Waals surface area contributed by atoms with Crippen molar-refractivity contribution >= 4 is 11.9 Å². The number of rotatable bonds is 4. The number of aryl methyl sites for hydroxylation is 1. The summed E-state index contributed by atoms with van der Waals surface area (Å²) in [4.78, 5) is 21.7. The molecule has 0 radical (unpaired) electrons. The van der Waals surface area contributed by atoms with Crippen molar-refractivity contribution in [1.82, 2.24) is 0 Å². The fourth-order valence-electron chi connectivity index (χ4n) is 1.89. The zero-order valence-electron chi connectivity index (χ0n) is 13.5. The van der Waals surface area contributed by atoms with Crippen LogP contribution in [0.25, 0.3) is 0 Å². The van der Waals surface area contributed by atoms with Gasteiger partial charge < -0.3 is 20.1 Å². The van der Waals surface area contributed by atoms with Crippen molar-refractivity contribution in [2.75, 3.05) is 6.61 Å². The summed E-state index contributed by atoms with van der Waals surface area (Å²) in [6.07, 6.45) is 0.607. The summed E-state index contributed by atoms with van der Waals surface area (Å²) in [6.45, 7) is 3.96. The molecule has 0 spiro atoms. The highest BCUT2D eigenvalue weighted by Crippen LogP contribution is 2.16. The molecule has 0 aliphatic heterocycles. The van der Waals surface area contributed by atoms with Crippen LogP contribution in [0, 0.1) is 0 Å². The summed E-state index contributed by atoms with van der Waals surface area (Å²) in [5, 5.41) is 26.7. The van der Waals surface area contributed by atoms with Crippen LogP contribution in [-0.4, -0.2) is 33.9 Å². The van der Waals surface area contributed by atoms with E-state index in [0.29, 0.717) is 24.2 Å². The SMILES string of the molecule is CCOC(=O)c1ccc(O)cc1.CCc1cc(O)ccc1C(=O)O. The molecule has 0 saturated heterocycles. The first-order valence-corrected chi connectivity index (χ1v) is 7.40. The Morgan fingerprint density at radius 2 is 1.54 bits per heavy atom. The average Bonchev–Trinajstić information content (AvgIpc) is 2.55. The first-order chi connectivity index (χ1) is 11.4. The highest BCUT2D eigenvalue weighted by Gasteiger charge is 2.08. The Hall–Kier alpha value is -3.02. The third-order valence-electron chi connectivity index (χ3n) is 3.08. The first-order valence-electron chi connectivity index (χ1n) is 7.40. The Bertz CT molecular complexity index is 691. The lowest BCUT2D eigenvalue weighted by Gasteiger charge is -2.02. The summed E-state index contributed by atoms with van der Waals surface area (Å²) < 4.78 is 4.75. The third-order valence-corrected chi connectivity index (χ3v) is 3.08. The monoisotopic (exact) mass is 332 g/mol. The number of benzene rings is 2. The van der Waals surface area contributed by atoms with Gasteiger partial charge in [0.05, 0.1) is 17.7 Å². The number of hydrogen-bond acceptors (Lipinski definition) is 5. The molecule has 0 heterocycles. The van der Waals surface area contributed by atoms with Crippen LogP contribution >= 0.6 is 0 Å². The van der Waals surface area contributed by atoms with E-state index in [1.54, 1.807) is 6.92 Å². The van der Waals surface area contributed by atoms with E-state index in [4.69, 9.17) is 20.1 Å². The van der Waals surface area contributed by atoms with E-state index in [0.717, 1.165) is 0 Å². The largest absolute Gasteiger partial charge is 0.508 e. The van der Waals surface area contributed by atoms with Gasteiger partial charge >= 0.3 is 11.9 Å². The fraction of sp³-hybridized carbons (Fsp3) is 0.222. The van der Waals surface area contributed by atoms with Gasteiger partial charge in [0.15, 0.2) is 0 Å². The second-order valence-corrected chi connectivity index (χ2v) is 4.77. The molecule has 2 rings (SSSR count). The Morgan fingerprint density at radius 3 is 2.04 bits per heavy atom. The van der Waals surface area contributed by atoms with Crippen LogP contribution in [0.3, 0.4) is 0 Å². The van der Waals surface area contributed by atoms with Gasteiger partial charge in [-0.05, 0) is 61.4 Å². The number of phenols is 2. The lowest BCUT2D eigenvalue weighted by molar-refractivity contribution is 0.0525. The second kappa shape index (κ2) is 9.19. The second-order valence-electron chi connectivity index (χ2n) is 4.77. The van der Waals surface area contributed by atoms with E-state index in [1.807, 2.05) is 6.92 Å². The standard InChI is InChI=1S/2C9H10O3/c1-2-12-9(11)7-3-5-8(10)6-4-7;1-2-6-5-7(10)3-4-8(6)9(11)12/h3-6,10H,2H2,1H3;3-5,10H,2H2,1H3,(H,11,12). The van der Waals surface area contributed by atoms with Crippen LogP contribution in [0.2, 0.25) is 0 Å². The Labute approximate surface area is 140 Å². The maximum absolute atomic E-state index is 11.1. The lowest BCUT2D eigenvalue weighted by Crippen LogP contribution is -2.03. The number of ether oxygens (including phenoxy) is 1. The van der Waals surface area contributed by atoms with Crippen LogP contribution in [0.4, 0.5) is 0 Å². The van der Waals surface area contributed by atoms with E-state index < -0.39 is 5.97 Å². The first kappa shape index (κ1) is 19.0. The summed E-state index contributed by atoms with van der Waals surface area (Å²) in [7, 11) is 0. The van der Waals surface area contributed by atoms with Crippen LogP contribution in [-0.2, 0) is 11.2 Å². The van der Waals surface area contributed by atoms with Crippen molar-refractivity contribution in [1.29, 1.82) is 0 Å². The summed E-state index contributed by atoms with van der Waals surface area (Å²) >= 11 is 0. The topological polar surface area (TPSA) is 104 Å². The van der Waals surface area contributed by atoms with Gasteiger partial charge in [-0.15, -0.1) is 0 Å². The lowest BCUT2D eigenvalue weighted by atomic mass is 10.1. The van der Waals surface area contributed by atoms with E-state index in [9.17, 15) is 9.59 Å². The summed E-state index contributed by atoms with van der Waals surface area (Å²) in [5.41, 5.74) is 1.37. The van der Waals surface area contributed by atoms with Crippen LogP contribution < -0.4 is 0 Å². The predicted octanol–water partition coefficient (Wildman–Crippen LogP) is 3.22. The average molecular weight is 332 g/mol. The molecule has 0 fully saturated rings. The zero-order chi connectivity index (χ0) is 18.1. The highest BCUT2D eigenvalue weighted by atomic mass is 16.5. The minimum absolute atomic E-state index is 0.108. The number of phenolic OH excluding ortho intramolecular Hbond substituents is 2. The molecule has 128 valence electrons. The molecular formula is C18H20O6. The molecule has 0 aliphatic carbocycles. The predicted molar refractivity (Wildman–Crippen MR) is 88.5 cm³/mol. The fourth-order valence-corrected chi connectivity index (χ4v) is 1.89. The van der Waals surface area contributed by atoms with Gasteiger partial charge in [0.2, 0.25) is 0 Å². The maximum Gasteiger partial charge on any atom is 0.338 e. The van der Waals surface area contributed by atoms with Crippen LogP contribution in [0.1, 0.15) is 40.1 Å².